The van der Waals surface area contributed by atoms with Crippen LogP contribution in [0.15, 0.2) is 0 Å². The van der Waals surface area contributed by atoms with Crippen molar-refractivity contribution in [3.05, 3.63) is 0 Å². The Morgan fingerprint density at radius 1 is 1.14 bits per heavy atom. The first kappa shape index (κ1) is 17.0. The molecule has 0 N–H and O–H groups in total. The molecule has 0 spiro atoms. The van der Waals surface area contributed by atoms with E-state index in [2.05, 4.69) is 18.7 Å². The van der Waals surface area contributed by atoms with Gasteiger partial charge in [-0.05, 0) is 33.1 Å². The van der Waals surface area contributed by atoms with Gasteiger partial charge in [0.25, 0.3) is 0 Å². The zero-order valence-electron chi connectivity index (χ0n) is 12.4. The van der Waals surface area contributed by atoms with Gasteiger partial charge < -0.3 is 0 Å². The molecule has 0 aromatic heterocycles. The normalized spacial score (nSPS) is 28.5. The van der Waals surface area contributed by atoms with Crippen LogP contribution in [0, 0.1) is 0 Å². The van der Waals surface area contributed by atoms with Crippen LogP contribution >= 0.6 is 0 Å². The molecule has 0 aliphatic carbocycles. The molecule has 0 aromatic carbocycles. The maximum absolute atomic E-state index is 12.3. The van der Waals surface area contributed by atoms with Crippen LogP contribution in [0.3, 0.4) is 0 Å². The van der Waals surface area contributed by atoms with Crippen LogP contribution in [-0.2, 0) is 10.0 Å². The van der Waals surface area contributed by atoms with Gasteiger partial charge in [-0.15, -0.1) is 0 Å². The summed E-state index contributed by atoms with van der Waals surface area (Å²) in [5.74, 6) is -0.402. The fourth-order valence-electron chi connectivity index (χ4n) is 3.33. The predicted octanol–water partition coefficient (Wildman–Crippen LogP) is 2.22. The fourth-order valence-corrected chi connectivity index (χ4v) is 5.31. The van der Waals surface area contributed by atoms with Crippen LogP contribution < -0.4 is 0 Å². The van der Waals surface area contributed by atoms with E-state index in [1.807, 2.05) is 0 Å². The van der Waals surface area contributed by atoms with Crippen molar-refractivity contribution in [2.45, 2.75) is 63.8 Å². The van der Waals surface area contributed by atoms with Crippen molar-refractivity contribution in [2.24, 2.45) is 0 Å². The molecule has 0 radical (unpaired) electrons. The molecule has 2 heterocycles. The summed E-state index contributed by atoms with van der Waals surface area (Å²) < 4.78 is 62.7. The standard InChI is InChI=1S/C13H23F3N2O2S/c1-10(2)17-8-11-4-5-12(9-17)18(11)21(19,20)7-3-6-13(14,15)16/h10-12H,3-9H2,1-2H3. The van der Waals surface area contributed by atoms with Crippen molar-refractivity contribution in [2.75, 3.05) is 18.8 Å². The van der Waals surface area contributed by atoms with Crippen LogP contribution in [-0.4, -0.2) is 60.8 Å². The third-order valence-electron chi connectivity index (χ3n) is 4.36. The second kappa shape index (κ2) is 6.04. The number of hydrogen-bond acceptors (Lipinski definition) is 3. The van der Waals surface area contributed by atoms with Crippen LogP contribution in [0.5, 0.6) is 0 Å². The monoisotopic (exact) mass is 328 g/mol. The Hall–Kier alpha value is -0.340. The lowest BCUT2D eigenvalue weighted by atomic mass is 10.2. The zero-order valence-corrected chi connectivity index (χ0v) is 13.3. The molecular weight excluding hydrogens is 305 g/mol. The van der Waals surface area contributed by atoms with E-state index < -0.39 is 28.4 Å². The van der Waals surface area contributed by atoms with E-state index in [4.69, 9.17) is 0 Å². The number of sulfonamides is 1. The number of nitrogens with zero attached hydrogens (tertiary/aromatic N) is 2. The van der Waals surface area contributed by atoms with Crippen LogP contribution in [0.2, 0.25) is 0 Å². The molecule has 124 valence electrons. The van der Waals surface area contributed by atoms with Crippen LogP contribution in [0.4, 0.5) is 13.2 Å². The number of halogens is 3. The fraction of sp³-hybridized carbons (Fsp3) is 1.00. The van der Waals surface area contributed by atoms with Crippen molar-refractivity contribution < 1.29 is 21.6 Å². The molecule has 2 saturated heterocycles. The van der Waals surface area contributed by atoms with Crippen molar-refractivity contribution >= 4 is 10.0 Å². The van der Waals surface area contributed by atoms with E-state index >= 15 is 0 Å². The Morgan fingerprint density at radius 3 is 2.10 bits per heavy atom. The van der Waals surface area contributed by atoms with Crippen LogP contribution in [0.1, 0.15) is 39.5 Å². The second-order valence-electron chi connectivity index (χ2n) is 6.30. The number of rotatable bonds is 5. The molecule has 2 aliphatic heterocycles. The lowest BCUT2D eigenvalue weighted by molar-refractivity contribution is -0.134. The van der Waals surface area contributed by atoms with Crippen molar-refractivity contribution in [1.82, 2.24) is 9.21 Å². The van der Waals surface area contributed by atoms with Crippen molar-refractivity contribution in [3.8, 4) is 0 Å². The van der Waals surface area contributed by atoms with Gasteiger partial charge >= 0.3 is 6.18 Å². The largest absolute Gasteiger partial charge is 0.389 e. The summed E-state index contributed by atoms with van der Waals surface area (Å²) >= 11 is 0. The molecule has 2 rings (SSSR count). The van der Waals surface area contributed by atoms with Gasteiger partial charge in [0, 0.05) is 37.6 Å². The molecular formula is C13H23F3N2O2S. The number of piperazine rings is 1. The molecule has 0 amide bonds. The summed E-state index contributed by atoms with van der Waals surface area (Å²) in [4.78, 5) is 2.25. The smallest absolute Gasteiger partial charge is 0.298 e. The van der Waals surface area contributed by atoms with Crippen molar-refractivity contribution in [3.63, 3.8) is 0 Å². The SMILES string of the molecule is CC(C)N1CC2CCC(C1)N2S(=O)(=O)CCCC(F)(F)F. The van der Waals surface area contributed by atoms with Gasteiger partial charge in [-0.2, -0.15) is 17.5 Å². The molecule has 0 aromatic rings. The summed E-state index contributed by atoms with van der Waals surface area (Å²) in [6.45, 7) is 5.53. The van der Waals surface area contributed by atoms with E-state index in [1.54, 1.807) is 0 Å². The lowest BCUT2D eigenvalue weighted by Gasteiger charge is -2.41. The quantitative estimate of drug-likeness (QED) is 0.777. The Labute approximate surface area is 124 Å². The maximum atomic E-state index is 12.3. The highest BCUT2D eigenvalue weighted by atomic mass is 32.2. The van der Waals surface area contributed by atoms with Crippen molar-refractivity contribution in [1.29, 1.82) is 0 Å². The summed E-state index contributed by atoms with van der Waals surface area (Å²) in [6, 6.07) is 0.229. The molecule has 2 fully saturated rings. The molecule has 0 saturated carbocycles. The molecule has 2 unspecified atom stereocenters. The van der Waals surface area contributed by atoms with E-state index in [1.165, 1.54) is 4.31 Å². The third-order valence-corrected chi connectivity index (χ3v) is 6.40. The van der Waals surface area contributed by atoms with Crippen LogP contribution in [0.25, 0.3) is 0 Å². The van der Waals surface area contributed by atoms with Gasteiger partial charge in [-0.25, -0.2) is 8.42 Å². The van der Waals surface area contributed by atoms with E-state index in [-0.39, 0.29) is 18.5 Å². The Morgan fingerprint density at radius 2 is 1.67 bits per heavy atom. The maximum Gasteiger partial charge on any atom is 0.389 e. The Bertz CT molecular complexity index is 451. The minimum atomic E-state index is -4.29. The first-order valence-corrected chi connectivity index (χ1v) is 9.03. The highest BCUT2D eigenvalue weighted by Crippen LogP contribution is 2.34. The molecule has 2 atom stereocenters. The van der Waals surface area contributed by atoms with Gasteiger partial charge in [-0.3, -0.25) is 4.90 Å². The highest BCUT2D eigenvalue weighted by Gasteiger charge is 2.46. The van der Waals surface area contributed by atoms with Gasteiger partial charge in [-0.1, -0.05) is 0 Å². The second-order valence-corrected chi connectivity index (χ2v) is 8.29. The average Bonchev–Trinajstić information content (AvgIpc) is 2.59. The van der Waals surface area contributed by atoms with E-state index in [9.17, 15) is 21.6 Å². The average molecular weight is 328 g/mol. The number of alkyl halides is 3. The summed E-state index contributed by atoms with van der Waals surface area (Å²) in [6.07, 6.45) is -4.05. The Kier molecular flexibility index (Phi) is 4.90. The first-order chi connectivity index (χ1) is 9.60. The lowest BCUT2D eigenvalue weighted by Crippen LogP contribution is -2.57. The van der Waals surface area contributed by atoms with Gasteiger partial charge in [0.1, 0.15) is 0 Å². The minimum Gasteiger partial charge on any atom is -0.298 e. The zero-order chi connectivity index (χ0) is 15.8. The third kappa shape index (κ3) is 4.10. The topological polar surface area (TPSA) is 40.6 Å². The van der Waals surface area contributed by atoms with E-state index in [0.717, 1.165) is 12.8 Å². The van der Waals surface area contributed by atoms with Gasteiger partial charge in [0.15, 0.2) is 0 Å². The molecule has 2 aliphatic rings. The molecule has 2 bridgehead atoms. The Balaban J connectivity index is 1.98. The van der Waals surface area contributed by atoms with Gasteiger partial charge in [0.2, 0.25) is 10.0 Å². The summed E-state index contributed by atoms with van der Waals surface area (Å²) in [5.41, 5.74) is 0. The predicted molar refractivity (Wildman–Crippen MR) is 74.4 cm³/mol. The summed E-state index contributed by atoms with van der Waals surface area (Å²) in [5, 5.41) is 0. The number of hydrogen-bond donors (Lipinski definition) is 0. The number of fused-ring (bicyclic) bond motifs is 2. The van der Waals surface area contributed by atoms with E-state index in [0.29, 0.717) is 19.1 Å². The minimum absolute atomic E-state index is 0.0676. The molecule has 4 nitrogen and oxygen atoms in total. The number of likely N-dealkylation sites (tertiary alicyclic amines) is 1. The first-order valence-electron chi connectivity index (χ1n) is 7.42. The highest BCUT2D eigenvalue weighted by molar-refractivity contribution is 7.89. The molecule has 8 heteroatoms. The van der Waals surface area contributed by atoms with Gasteiger partial charge in [0.05, 0.1) is 5.75 Å². The molecule has 21 heavy (non-hydrogen) atoms. The summed E-state index contributed by atoms with van der Waals surface area (Å²) in [7, 11) is -3.58.